The van der Waals surface area contributed by atoms with Crippen molar-refractivity contribution in [3.05, 3.63) is 47.5 Å². The van der Waals surface area contributed by atoms with Crippen molar-refractivity contribution in [1.82, 2.24) is 9.97 Å². The fourth-order valence-corrected chi connectivity index (χ4v) is 4.62. The minimum absolute atomic E-state index is 0.132. The molecule has 3 rings (SSSR count). The summed E-state index contributed by atoms with van der Waals surface area (Å²) in [5, 5.41) is 0. The fraction of sp³-hybridized carbons (Fsp3) is 0.615. The third-order valence-corrected chi connectivity index (χ3v) is 6.57. The number of halogens is 1. The molecule has 1 saturated carbocycles. The van der Waals surface area contributed by atoms with Crippen LogP contribution in [0.25, 0.3) is 11.4 Å². The first-order chi connectivity index (χ1) is 14.2. The van der Waals surface area contributed by atoms with Crippen LogP contribution >= 0.6 is 0 Å². The molecule has 2 nitrogen and oxygen atoms in total. The van der Waals surface area contributed by atoms with Crippen LogP contribution < -0.4 is 0 Å². The number of nitrogens with zero attached hydrogens (tertiary/aromatic N) is 2. The fourth-order valence-electron chi connectivity index (χ4n) is 4.62. The molecule has 0 spiro atoms. The maximum absolute atomic E-state index is 14.4. The Morgan fingerprint density at radius 3 is 2.24 bits per heavy atom. The molecule has 0 aliphatic heterocycles. The van der Waals surface area contributed by atoms with Crippen LogP contribution in [0, 0.1) is 11.7 Å². The third kappa shape index (κ3) is 6.35. The van der Waals surface area contributed by atoms with E-state index in [0.717, 1.165) is 42.7 Å². The summed E-state index contributed by atoms with van der Waals surface area (Å²) in [5.41, 5.74) is 2.82. The quantitative estimate of drug-likeness (QED) is 0.382. The summed E-state index contributed by atoms with van der Waals surface area (Å²) < 4.78 is 14.4. The molecule has 1 aromatic heterocycles. The molecule has 2 aromatic rings. The first-order valence-corrected chi connectivity index (χ1v) is 11.8. The van der Waals surface area contributed by atoms with E-state index in [4.69, 9.17) is 0 Å². The van der Waals surface area contributed by atoms with E-state index in [0.29, 0.717) is 11.7 Å². The number of benzene rings is 1. The smallest absolute Gasteiger partial charge is 0.159 e. The van der Waals surface area contributed by atoms with Crippen LogP contribution in [0.4, 0.5) is 4.39 Å². The van der Waals surface area contributed by atoms with Crippen molar-refractivity contribution < 1.29 is 4.39 Å². The Morgan fingerprint density at radius 2 is 1.59 bits per heavy atom. The van der Waals surface area contributed by atoms with Gasteiger partial charge < -0.3 is 0 Å². The van der Waals surface area contributed by atoms with Gasteiger partial charge in [-0.25, -0.2) is 14.4 Å². The molecule has 29 heavy (non-hydrogen) atoms. The van der Waals surface area contributed by atoms with Gasteiger partial charge in [-0.15, -0.1) is 0 Å². The SMILES string of the molecule is CCCCCc1ccc(-c2ncc([C@H]3CC[C@H](CCCCC)CC3)cn2)cc1F. The normalized spacial score (nSPS) is 19.4. The van der Waals surface area contributed by atoms with E-state index in [1.807, 2.05) is 24.5 Å². The monoisotopic (exact) mass is 396 g/mol. The van der Waals surface area contributed by atoms with E-state index in [1.54, 1.807) is 6.07 Å². The summed E-state index contributed by atoms with van der Waals surface area (Å²) in [4.78, 5) is 9.14. The third-order valence-electron chi connectivity index (χ3n) is 6.57. The van der Waals surface area contributed by atoms with Gasteiger partial charge in [-0.2, -0.15) is 0 Å². The Labute approximate surface area is 176 Å². The van der Waals surface area contributed by atoms with Crippen LogP contribution in [0.5, 0.6) is 0 Å². The molecule has 1 aliphatic rings. The minimum Gasteiger partial charge on any atom is -0.236 e. The second-order valence-corrected chi connectivity index (χ2v) is 8.82. The molecule has 0 N–H and O–H groups in total. The molecule has 158 valence electrons. The van der Waals surface area contributed by atoms with Gasteiger partial charge in [0.2, 0.25) is 0 Å². The molecule has 1 fully saturated rings. The molecule has 0 saturated heterocycles. The van der Waals surface area contributed by atoms with Crippen molar-refractivity contribution in [2.45, 2.75) is 96.8 Å². The average Bonchev–Trinajstić information content (AvgIpc) is 2.76. The van der Waals surface area contributed by atoms with Gasteiger partial charge in [0, 0.05) is 18.0 Å². The van der Waals surface area contributed by atoms with Gasteiger partial charge in [-0.3, -0.25) is 0 Å². The maximum atomic E-state index is 14.4. The van der Waals surface area contributed by atoms with Crippen LogP contribution in [0.1, 0.15) is 102 Å². The lowest BCUT2D eigenvalue weighted by atomic mass is 9.77. The van der Waals surface area contributed by atoms with E-state index >= 15 is 0 Å². The molecular weight excluding hydrogens is 359 g/mol. The number of hydrogen-bond acceptors (Lipinski definition) is 2. The first kappa shape index (κ1) is 21.9. The van der Waals surface area contributed by atoms with Crippen molar-refractivity contribution in [3.63, 3.8) is 0 Å². The molecule has 1 heterocycles. The van der Waals surface area contributed by atoms with E-state index in [9.17, 15) is 4.39 Å². The average molecular weight is 397 g/mol. The highest BCUT2D eigenvalue weighted by Crippen LogP contribution is 2.37. The molecule has 1 aliphatic carbocycles. The number of aromatic nitrogens is 2. The Morgan fingerprint density at radius 1 is 0.897 bits per heavy atom. The van der Waals surface area contributed by atoms with Crippen LogP contribution in [0.3, 0.4) is 0 Å². The molecule has 3 heteroatoms. The van der Waals surface area contributed by atoms with E-state index in [2.05, 4.69) is 23.8 Å². The highest BCUT2D eigenvalue weighted by Gasteiger charge is 2.22. The largest absolute Gasteiger partial charge is 0.236 e. The highest BCUT2D eigenvalue weighted by atomic mass is 19.1. The number of hydrogen-bond donors (Lipinski definition) is 0. The van der Waals surface area contributed by atoms with Gasteiger partial charge in [0.05, 0.1) is 0 Å². The van der Waals surface area contributed by atoms with E-state index in [1.165, 1.54) is 56.9 Å². The summed E-state index contributed by atoms with van der Waals surface area (Å²) in [6, 6.07) is 5.45. The molecule has 0 bridgehead atoms. The van der Waals surface area contributed by atoms with Crippen LogP contribution in [0.15, 0.2) is 30.6 Å². The topological polar surface area (TPSA) is 25.8 Å². The highest BCUT2D eigenvalue weighted by molar-refractivity contribution is 5.55. The Kier molecular flexibility index (Phi) is 8.64. The first-order valence-electron chi connectivity index (χ1n) is 11.8. The zero-order chi connectivity index (χ0) is 20.5. The van der Waals surface area contributed by atoms with Crippen molar-refractivity contribution in [2.75, 3.05) is 0 Å². The van der Waals surface area contributed by atoms with E-state index < -0.39 is 0 Å². The van der Waals surface area contributed by atoms with Crippen molar-refractivity contribution in [1.29, 1.82) is 0 Å². The molecule has 0 amide bonds. The van der Waals surface area contributed by atoms with Gasteiger partial charge in [0.25, 0.3) is 0 Å². The standard InChI is InChI=1S/C26H37FN2/c1-3-5-7-9-20-11-13-21(14-12-20)24-18-28-26(29-19-24)23-16-15-22(25(27)17-23)10-8-6-4-2/h15-21H,3-14H2,1-2H3/t20-,21-. The molecule has 1 aromatic carbocycles. The molecule has 0 unspecified atom stereocenters. The molecule has 0 atom stereocenters. The number of unbranched alkanes of at least 4 members (excludes halogenated alkanes) is 4. The van der Waals surface area contributed by atoms with Crippen LogP contribution in [-0.2, 0) is 6.42 Å². The molecule has 0 radical (unpaired) electrons. The van der Waals surface area contributed by atoms with Gasteiger partial charge in [0.1, 0.15) is 5.82 Å². The second-order valence-electron chi connectivity index (χ2n) is 8.82. The summed E-state index contributed by atoms with van der Waals surface area (Å²) in [6.07, 6.45) is 18.7. The molecular formula is C26H37FN2. The van der Waals surface area contributed by atoms with Crippen molar-refractivity contribution in [3.8, 4) is 11.4 Å². The Hall–Kier alpha value is -1.77. The lowest BCUT2D eigenvalue weighted by molar-refractivity contribution is 0.302. The summed E-state index contributed by atoms with van der Waals surface area (Å²) in [7, 11) is 0. The summed E-state index contributed by atoms with van der Waals surface area (Å²) in [5.74, 6) is 2.00. The number of aryl methyl sites for hydroxylation is 1. The Bertz CT molecular complexity index is 733. The zero-order valence-electron chi connectivity index (χ0n) is 18.3. The predicted molar refractivity (Wildman–Crippen MR) is 119 cm³/mol. The predicted octanol–water partition coefficient (Wildman–Crippen LogP) is 7.87. The maximum Gasteiger partial charge on any atom is 0.159 e. The van der Waals surface area contributed by atoms with E-state index in [-0.39, 0.29) is 5.82 Å². The second kappa shape index (κ2) is 11.4. The lowest BCUT2D eigenvalue weighted by Crippen LogP contribution is -2.14. The van der Waals surface area contributed by atoms with Crippen LogP contribution in [-0.4, -0.2) is 9.97 Å². The summed E-state index contributed by atoms with van der Waals surface area (Å²) in [6.45, 7) is 4.44. The Balaban J connectivity index is 1.56. The minimum atomic E-state index is -0.132. The van der Waals surface area contributed by atoms with Gasteiger partial charge in [-0.05, 0) is 67.6 Å². The van der Waals surface area contributed by atoms with Crippen molar-refractivity contribution >= 4 is 0 Å². The van der Waals surface area contributed by atoms with Gasteiger partial charge >= 0.3 is 0 Å². The lowest BCUT2D eigenvalue weighted by Gasteiger charge is -2.28. The number of rotatable bonds is 10. The van der Waals surface area contributed by atoms with Crippen LogP contribution in [0.2, 0.25) is 0 Å². The van der Waals surface area contributed by atoms with Gasteiger partial charge in [-0.1, -0.05) is 64.5 Å². The zero-order valence-corrected chi connectivity index (χ0v) is 18.3. The van der Waals surface area contributed by atoms with Crippen molar-refractivity contribution in [2.24, 2.45) is 5.92 Å². The summed E-state index contributed by atoms with van der Waals surface area (Å²) >= 11 is 0. The van der Waals surface area contributed by atoms with Gasteiger partial charge in [0.15, 0.2) is 5.82 Å².